The zero-order valence-corrected chi connectivity index (χ0v) is 23.7. The third-order valence-corrected chi connectivity index (χ3v) is 8.66. The molecule has 214 valence electrons. The second kappa shape index (κ2) is 10.7. The molecule has 3 aliphatic carbocycles. The number of hydrogen-bond acceptors (Lipinski definition) is 6. The topological polar surface area (TPSA) is 110 Å². The summed E-state index contributed by atoms with van der Waals surface area (Å²) < 4.78 is 5.41. The zero-order chi connectivity index (χ0) is 29.7. The van der Waals surface area contributed by atoms with Gasteiger partial charge in [-0.3, -0.25) is 24.1 Å². The SMILES string of the molecule is CC(=O)c1cccc(NC(=O)COC(=O)[C@H](CC(C)C)N2C(=O)[C@@H]3C4c5ccccc5C(c5ccccc54)[C@H]3C2=O)c1. The average Bonchev–Trinajstić information content (AvgIpc) is 3.24. The molecular weight excluding hydrogens is 532 g/mol. The number of nitrogens with one attached hydrogen (secondary N) is 1. The Kier molecular flexibility index (Phi) is 7.01. The van der Waals surface area contributed by atoms with Gasteiger partial charge in [-0.25, -0.2) is 4.79 Å². The molecule has 1 saturated heterocycles. The van der Waals surface area contributed by atoms with Gasteiger partial charge in [-0.05, 0) is 53.6 Å². The maximum atomic E-state index is 14.1. The molecule has 7 rings (SSSR count). The molecule has 0 spiro atoms. The Hall–Kier alpha value is -4.59. The Bertz CT molecular complexity index is 1510. The number of likely N-dealkylation sites (tertiary alicyclic amines) is 1. The van der Waals surface area contributed by atoms with Gasteiger partial charge in [0.15, 0.2) is 12.4 Å². The van der Waals surface area contributed by atoms with E-state index in [2.05, 4.69) is 5.32 Å². The standard InChI is InChI=1S/C34H32N2O6/c1-18(2)15-26(34(41)42-17-27(38)35-21-10-8-9-20(16-21)19(3)37)36-32(39)30-28-22-11-4-5-12-23(22)29(31(30)33(36)40)25-14-7-6-13-24(25)28/h4-14,16,18,26,28-31H,15,17H2,1-3H3,(H,35,38)/t26-,28?,29?,30+,31+/m0/s1. The highest BCUT2D eigenvalue weighted by molar-refractivity contribution is 6.10. The van der Waals surface area contributed by atoms with Crippen molar-refractivity contribution in [3.05, 3.63) is 101 Å². The number of imide groups is 1. The first-order valence-electron chi connectivity index (χ1n) is 14.3. The highest BCUT2D eigenvalue weighted by atomic mass is 16.5. The first kappa shape index (κ1) is 27.6. The van der Waals surface area contributed by atoms with Crippen molar-refractivity contribution >= 4 is 35.2 Å². The summed E-state index contributed by atoms with van der Waals surface area (Å²) in [5.41, 5.74) is 5.05. The Balaban J connectivity index is 1.25. The third kappa shape index (κ3) is 4.51. The number of amides is 3. The van der Waals surface area contributed by atoms with Crippen LogP contribution in [0.3, 0.4) is 0 Å². The quantitative estimate of drug-likeness (QED) is 0.242. The summed E-state index contributed by atoms with van der Waals surface area (Å²) in [5.74, 6) is -4.05. The highest BCUT2D eigenvalue weighted by Gasteiger charge is 2.63. The molecule has 4 aliphatic rings. The van der Waals surface area contributed by atoms with Gasteiger partial charge in [0.25, 0.3) is 5.91 Å². The van der Waals surface area contributed by atoms with E-state index in [1.807, 2.05) is 62.4 Å². The fraction of sp³-hybridized carbons (Fsp3) is 0.324. The Morgan fingerprint density at radius 2 is 1.33 bits per heavy atom. The Labute approximate surface area is 244 Å². The van der Waals surface area contributed by atoms with Crippen molar-refractivity contribution in [1.82, 2.24) is 4.90 Å². The van der Waals surface area contributed by atoms with Crippen LogP contribution in [-0.4, -0.2) is 47.0 Å². The zero-order valence-electron chi connectivity index (χ0n) is 23.7. The molecular formula is C34H32N2O6. The molecule has 3 amide bonds. The summed E-state index contributed by atoms with van der Waals surface area (Å²) in [6, 6.07) is 21.3. The minimum absolute atomic E-state index is 0.0277. The lowest BCUT2D eigenvalue weighted by Crippen LogP contribution is -2.47. The van der Waals surface area contributed by atoms with Crippen molar-refractivity contribution < 1.29 is 28.7 Å². The van der Waals surface area contributed by atoms with Gasteiger partial charge in [-0.2, -0.15) is 0 Å². The maximum absolute atomic E-state index is 14.1. The van der Waals surface area contributed by atoms with Crippen LogP contribution in [0.25, 0.3) is 0 Å². The lowest BCUT2D eigenvalue weighted by Gasteiger charge is -2.45. The van der Waals surface area contributed by atoms with E-state index >= 15 is 0 Å². The van der Waals surface area contributed by atoms with E-state index in [-0.39, 0.29) is 41.8 Å². The monoisotopic (exact) mass is 564 g/mol. The summed E-state index contributed by atoms with van der Waals surface area (Å²) in [6.45, 7) is 4.64. The van der Waals surface area contributed by atoms with Crippen LogP contribution in [0, 0.1) is 17.8 Å². The molecule has 2 bridgehead atoms. The van der Waals surface area contributed by atoms with E-state index < -0.39 is 36.4 Å². The normalized spacial score (nSPS) is 22.3. The largest absolute Gasteiger partial charge is 0.454 e. The fourth-order valence-electron chi connectivity index (χ4n) is 7.01. The van der Waals surface area contributed by atoms with Crippen molar-refractivity contribution in [3.63, 3.8) is 0 Å². The van der Waals surface area contributed by atoms with E-state index in [9.17, 15) is 24.0 Å². The third-order valence-electron chi connectivity index (χ3n) is 8.66. The summed E-state index contributed by atoms with van der Waals surface area (Å²) >= 11 is 0. The molecule has 8 heteroatoms. The Morgan fingerprint density at radius 3 is 1.81 bits per heavy atom. The van der Waals surface area contributed by atoms with Gasteiger partial charge >= 0.3 is 5.97 Å². The highest BCUT2D eigenvalue weighted by Crippen LogP contribution is 2.61. The molecule has 0 unspecified atom stereocenters. The summed E-state index contributed by atoms with van der Waals surface area (Å²) in [5, 5.41) is 2.62. The molecule has 42 heavy (non-hydrogen) atoms. The molecule has 0 saturated carbocycles. The van der Waals surface area contributed by atoms with Crippen LogP contribution in [0.5, 0.6) is 0 Å². The van der Waals surface area contributed by atoms with Crippen LogP contribution in [-0.2, 0) is 23.9 Å². The number of nitrogens with zero attached hydrogens (tertiary/aromatic N) is 1. The second-order valence-electron chi connectivity index (χ2n) is 11.7. The van der Waals surface area contributed by atoms with Gasteiger partial charge in [0, 0.05) is 23.1 Å². The molecule has 3 atom stereocenters. The van der Waals surface area contributed by atoms with Crippen LogP contribution in [0.15, 0.2) is 72.8 Å². The van der Waals surface area contributed by atoms with E-state index in [1.165, 1.54) is 13.0 Å². The van der Waals surface area contributed by atoms with E-state index in [4.69, 9.17) is 4.74 Å². The number of hydrogen-bond donors (Lipinski definition) is 1. The molecule has 8 nitrogen and oxygen atoms in total. The number of esters is 1. The summed E-state index contributed by atoms with van der Waals surface area (Å²) in [6.07, 6.45) is 0.216. The average molecular weight is 565 g/mol. The minimum Gasteiger partial charge on any atom is -0.454 e. The lowest BCUT2D eigenvalue weighted by atomic mass is 9.55. The van der Waals surface area contributed by atoms with Crippen molar-refractivity contribution in [1.29, 1.82) is 0 Å². The first-order chi connectivity index (χ1) is 20.2. The van der Waals surface area contributed by atoms with Crippen molar-refractivity contribution in [2.24, 2.45) is 17.8 Å². The predicted octanol–water partition coefficient (Wildman–Crippen LogP) is 4.68. The second-order valence-corrected chi connectivity index (χ2v) is 11.7. The summed E-state index contributed by atoms with van der Waals surface area (Å²) in [7, 11) is 0. The van der Waals surface area contributed by atoms with Crippen LogP contribution < -0.4 is 5.32 Å². The van der Waals surface area contributed by atoms with Gasteiger partial charge < -0.3 is 10.1 Å². The number of carbonyl (C=O) groups excluding carboxylic acids is 5. The van der Waals surface area contributed by atoms with Crippen molar-refractivity contribution in [2.45, 2.75) is 45.1 Å². The number of Topliss-reactive ketones (excluding diaryl/α,β-unsaturated/α-hetero) is 1. The summed E-state index contributed by atoms with van der Waals surface area (Å²) in [4.78, 5) is 67.2. The van der Waals surface area contributed by atoms with Gasteiger partial charge in [-0.1, -0.05) is 74.5 Å². The molecule has 1 fully saturated rings. The lowest BCUT2D eigenvalue weighted by molar-refractivity contribution is -0.160. The van der Waals surface area contributed by atoms with Gasteiger partial charge in [0.05, 0.1) is 11.8 Å². The van der Waals surface area contributed by atoms with Crippen LogP contribution in [0.2, 0.25) is 0 Å². The Morgan fingerprint density at radius 1 is 0.810 bits per heavy atom. The smallest absolute Gasteiger partial charge is 0.329 e. The van der Waals surface area contributed by atoms with E-state index in [1.54, 1.807) is 18.2 Å². The van der Waals surface area contributed by atoms with Gasteiger partial charge in [-0.15, -0.1) is 0 Å². The van der Waals surface area contributed by atoms with Gasteiger partial charge in [0.2, 0.25) is 11.8 Å². The fourth-order valence-corrected chi connectivity index (χ4v) is 7.01. The molecule has 0 aromatic heterocycles. The van der Waals surface area contributed by atoms with Crippen LogP contribution in [0.4, 0.5) is 5.69 Å². The van der Waals surface area contributed by atoms with Crippen molar-refractivity contribution in [2.75, 3.05) is 11.9 Å². The number of ketones is 1. The number of carbonyl (C=O) groups is 5. The van der Waals surface area contributed by atoms with Crippen LogP contribution >= 0.6 is 0 Å². The van der Waals surface area contributed by atoms with Gasteiger partial charge in [0.1, 0.15) is 6.04 Å². The minimum atomic E-state index is -1.14. The molecule has 3 aromatic carbocycles. The molecule has 0 radical (unpaired) electrons. The maximum Gasteiger partial charge on any atom is 0.329 e. The van der Waals surface area contributed by atoms with E-state index in [0.717, 1.165) is 27.2 Å². The molecule has 1 aliphatic heterocycles. The molecule has 1 heterocycles. The first-order valence-corrected chi connectivity index (χ1v) is 14.3. The van der Waals surface area contributed by atoms with Crippen LogP contribution in [0.1, 0.15) is 71.6 Å². The number of anilines is 1. The molecule has 3 aromatic rings. The van der Waals surface area contributed by atoms with E-state index in [0.29, 0.717) is 11.3 Å². The number of ether oxygens (including phenoxy) is 1. The van der Waals surface area contributed by atoms with Crippen molar-refractivity contribution in [3.8, 4) is 0 Å². The number of benzene rings is 3. The number of rotatable bonds is 8. The predicted molar refractivity (Wildman–Crippen MR) is 155 cm³/mol. The molecule has 1 N–H and O–H groups in total.